The number of aliphatic carboxylic acids is 1. The fourth-order valence-electron chi connectivity index (χ4n) is 2.82. The van der Waals surface area contributed by atoms with Crippen LogP contribution in [0.4, 0.5) is 0 Å². The molecule has 0 aliphatic carbocycles. The van der Waals surface area contributed by atoms with Crippen LogP contribution >= 0.6 is 0 Å². The van der Waals surface area contributed by atoms with E-state index >= 15 is 0 Å². The molecule has 1 saturated heterocycles. The number of imide groups is 2. The molecule has 2 aliphatic rings. The number of piperidine rings is 1. The Balaban J connectivity index is 2.05. The van der Waals surface area contributed by atoms with Gasteiger partial charge in [0.25, 0.3) is 17.6 Å². The minimum Gasteiger partial charge on any atom is -0.475 e. The molecule has 1 aromatic rings. The van der Waals surface area contributed by atoms with Gasteiger partial charge in [-0.15, -0.1) is 0 Å². The Labute approximate surface area is 134 Å². The van der Waals surface area contributed by atoms with Gasteiger partial charge in [-0.3, -0.25) is 34.2 Å². The van der Waals surface area contributed by atoms with Crippen LogP contribution in [-0.4, -0.2) is 51.4 Å². The molecule has 9 nitrogen and oxygen atoms in total. The van der Waals surface area contributed by atoms with Crippen LogP contribution < -0.4 is 5.32 Å². The smallest absolute Gasteiger partial charge is 0.377 e. The van der Waals surface area contributed by atoms with Crippen LogP contribution in [0.3, 0.4) is 0 Å². The van der Waals surface area contributed by atoms with Crippen molar-refractivity contribution in [3.8, 4) is 0 Å². The second kappa shape index (κ2) is 5.37. The summed E-state index contributed by atoms with van der Waals surface area (Å²) < 4.78 is 0. The molecular weight excluding hydrogens is 320 g/mol. The number of carbonyl (C=O) groups excluding carboxylic acids is 5. The molecule has 1 unspecified atom stereocenters. The number of nitrogens with one attached hydrogen (secondary N) is 1. The maximum Gasteiger partial charge on any atom is 0.377 e. The second-order valence-electron chi connectivity index (χ2n) is 5.31. The van der Waals surface area contributed by atoms with Gasteiger partial charge in [-0.1, -0.05) is 6.07 Å². The first-order valence-electron chi connectivity index (χ1n) is 6.95. The maximum absolute atomic E-state index is 12.6. The third-order valence-corrected chi connectivity index (χ3v) is 3.91. The quantitative estimate of drug-likeness (QED) is 0.427. The van der Waals surface area contributed by atoms with E-state index in [1.165, 1.54) is 12.1 Å². The molecule has 1 atom stereocenters. The predicted molar refractivity (Wildman–Crippen MR) is 75.1 cm³/mol. The first-order chi connectivity index (χ1) is 11.3. The molecule has 2 aliphatic heterocycles. The summed E-state index contributed by atoms with van der Waals surface area (Å²) in [5.74, 6) is -6.10. The van der Waals surface area contributed by atoms with E-state index in [4.69, 9.17) is 5.11 Å². The van der Waals surface area contributed by atoms with Crippen molar-refractivity contribution >= 4 is 35.4 Å². The van der Waals surface area contributed by atoms with Gasteiger partial charge in [0.15, 0.2) is 0 Å². The number of ketones is 1. The number of carbonyl (C=O) groups is 6. The zero-order valence-electron chi connectivity index (χ0n) is 12.1. The molecule has 0 bridgehead atoms. The first-order valence-corrected chi connectivity index (χ1v) is 6.95. The first kappa shape index (κ1) is 15.5. The second-order valence-corrected chi connectivity index (χ2v) is 5.31. The number of rotatable bonds is 3. The van der Waals surface area contributed by atoms with Gasteiger partial charge in [0, 0.05) is 12.0 Å². The van der Waals surface area contributed by atoms with Gasteiger partial charge >= 0.3 is 5.97 Å². The van der Waals surface area contributed by atoms with Crippen LogP contribution in [-0.2, 0) is 14.4 Å². The van der Waals surface area contributed by atoms with E-state index in [1.54, 1.807) is 0 Å². The number of carboxylic acids is 1. The largest absolute Gasteiger partial charge is 0.475 e. The van der Waals surface area contributed by atoms with Gasteiger partial charge in [-0.05, 0) is 18.6 Å². The third kappa shape index (κ3) is 2.18. The highest BCUT2D eigenvalue weighted by molar-refractivity contribution is 6.42. The lowest BCUT2D eigenvalue weighted by Crippen LogP contribution is -2.54. The summed E-state index contributed by atoms with van der Waals surface area (Å²) in [6.07, 6.45) is -0.0664. The summed E-state index contributed by atoms with van der Waals surface area (Å²) in [6.45, 7) is 0. The van der Waals surface area contributed by atoms with Crippen molar-refractivity contribution in [2.45, 2.75) is 18.9 Å². The van der Waals surface area contributed by atoms with E-state index in [1.807, 2.05) is 5.32 Å². The Morgan fingerprint density at radius 2 is 1.83 bits per heavy atom. The molecule has 0 saturated carbocycles. The molecule has 2 heterocycles. The molecule has 24 heavy (non-hydrogen) atoms. The van der Waals surface area contributed by atoms with Crippen LogP contribution in [0, 0.1) is 0 Å². The van der Waals surface area contributed by atoms with Crippen molar-refractivity contribution < 1.29 is 33.9 Å². The van der Waals surface area contributed by atoms with Crippen LogP contribution in [0.2, 0.25) is 0 Å². The van der Waals surface area contributed by atoms with Crippen molar-refractivity contribution in [2.75, 3.05) is 0 Å². The van der Waals surface area contributed by atoms with Crippen molar-refractivity contribution in [3.63, 3.8) is 0 Å². The van der Waals surface area contributed by atoms with Crippen molar-refractivity contribution in [1.29, 1.82) is 0 Å². The number of carboxylic acid groups (broad SMARTS) is 1. The lowest BCUT2D eigenvalue weighted by molar-refractivity contribution is -0.136. The molecule has 0 spiro atoms. The van der Waals surface area contributed by atoms with E-state index in [9.17, 15) is 28.8 Å². The molecule has 9 heteroatoms. The molecule has 0 aromatic heterocycles. The highest BCUT2D eigenvalue weighted by Gasteiger charge is 2.46. The topological polar surface area (TPSA) is 138 Å². The Morgan fingerprint density at radius 3 is 2.46 bits per heavy atom. The highest BCUT2D eigenvalue weighted by atomic mass is 16.4. The number of benzene rings is 1. The summed E-state index contributed by atoms with van der Waals surface area (Å²) in [6, 6.07) is 2.52. The van der Waals surface area contributed by atoms with E-state index < -0.39 is 47.0 Å². The van der Waals surface area contributed by atoms with Crippen molar-refractivity contribution in [3.05, 3.63) is 34.9 Å². The standard InChI is InChI=1S/C15H10N2O7/c18-9-5-4-8(12(20)16-9)17-13(21)7-3-1-2-6(10(7)14(17)22)11(19)15(23)24/h1-3,8H,4-5H2,(H,23,24)(H,16,18,20). The monoisotopic (exact) mass is 330 g/mol. The van der Waals surface area contributed by atoms with Crippen molar-refractivity contribution in [1.82, 2.24) is 10.2 Å². The number of amides is 4. The molecule has 0 radical (unpaired) electrons. The minimum atomic E-state index is -1.76. The average Bonchev–Trinajstić information content (AvgIpc) is 2.79. The highest BCUT2D eigenvalue weighted by Crippen LogP contribution is 2.30. The van der Waals surface area contributed by atoms with Gasteiger partial charge in [-0.25, -0.2) is 4.79 Å². The summed E-state index contributed by atoms with van der Waals surface area (Å²) in [4.78, 5) is 71.5. The SMILES string of the molecule is O=C1CCC(N2C(=O)c3cccc(C(=O)C(=O)O)c3C2=O)C(=O)N1. The number of fused-ring (bicyclic) bond motifs is 1. The van der Waals surface area contributed by atoms with Crippen LogP contribution in [0.25, 0.3) is 0 Å². The van der Waals surface area contributed by atoms with Gasteiger partial charge in [-0.2, -0.15) is 0 Å². The fourth-order valence-corrected chi connectivity index (χ4v) is 2.82. The lowest BCUT2D eigenvalue weighted by Gasteiger charge is -2.27. The van der Waals surface area contributed by atoms with Gasteiger partial charge in [0.1, 0.15) is 6.04 Å². The normalized spacial score (nSPS) is 20.0. The Morgan fingerprint density at radius 1 is 1.12 bits per heavy atom. The molecule has 2 N–H and O–H groups in total. The summed E-state index contributed by atoms with van der Waals surface area (Å²) >= 11 is 0. The van der Waals surface area contributed by atoms with Crippen LogP contribution in [0.5, 0.6) is 0 Å². The number of Topliss-reactive ketones (excluding diaryl/α,β-unsaturated/α-hetero) is 1. The Bertz CT molecular complexity index is 842. The number of hydrogen-bond donors (Lipinski definition) is 2. The van der Waals surface area contributed by atoms with Crippen molar-refractivity contribution in [2.24, 2.45) is 0 Å². The molecule has 4 amide bonds. The van der Waals surface area contributed by atoms with Crippen LogP contribution in [0.1, 0.15) is 43.9 Å². The fraction of sp³-hybridized carbons (Fsp3) is 0.200. The molecule has 122 valence electrons. The minimum absolute atomic E-state index is 0.0294. The zero-order chi connectivity index (χ0) is 17.6. The van der Waals surface area contributed by atoms with Gasteiger partial charge < -0.3 is 5.11 Å². The summed E-state index contributed by atoms with van der Waals surface area (Å²) in [7, 11) is 0. The zero-order valence-corrected chi connectivity index (χ0v) is 12.1. The van der Waals surface area contributed by atoms with E-state index in [-0.39, 0.29) is 24.0 Å². The maximum atomic E-state index is 12.6. The molecular formula is C15H10N2O7. The number of nitrogens with zero attached hydrogens (tertiary/aromatic N) is 1. The lowest BCUT2D eigenvalue weighted by atomic mass is 9.99. The Hall–Kier alpha value is -3.36. The molecule has 3 rings (SSSR count). The Kier molecular flexibility index (Phi) is 3.48. The molecule has 1 fully saturated rings. The summed E-state index contributed by atoms with van der Waals surface area (Å²) in [5, 5.41) is 10.9. The van der Waals surface area contributed by atoms with E-state index in [0.29, 0.717) is 4.90 Å². The number of hydrogen-bond acceptors (Lipinski definition) is 6. The van der Waals surface area contributed by atoms with Gasteiger partial charge in [0.2, 0.25) is 11.8 Å². The summed E-state index contributed by atoms with van der Waals surface area (Å²) in [5.41, 5.74) is -0.885. The predicted octanol–water partition coefficient (Wildman–Crippen LogP) is -0.645. The van der Waals surface area contributed by atoms with E-state index in [0.717, 1.165) is 6.07 Å². The molecule has 1 aromatic carbocycles. The van der Waals surface area contributed by atoms with E-state index in [2.05, 4.69) is 0 Å². The van der Waals surface area contributed by atoms with Gasteiger partial charge in [0.05, 0.1) is 11.1 Å². The average molecular weight is 330 g/mol. The van der Waals surface area contributed by atoms with Crippen LogP contribution in [0.15, 0.2) is 18.2 Å². The third-order valence-electron chi connectivity index (χ3n) is 3.91.